The summed E-state index contributed by atoms with van der Waals surface area (Å²) in [5, 5.41) is 12.3. The minimum Gasteiger partial charge on any atom is -0.497 e. The lowest BCUT2D eigenvalue weighted by Crippen LogP contribution is -2.19. The van der Waals surface area contributed by atoms with Crippen LogP contribution in [0.25, 0.3) is 22.1 Å². The number of rotatable bonds is 4. The van der Waals surface area contributed by atoms with Gasteiger partial charge in [0.15, 0.2) is 0 Å². The predicted octanol–water partition coefficient (Wildman–Crippen LogP) is 3.33. The second-order valence-corrected chi connectivity index (χ2v) is 7.11. The van der Waals surface area contributed by atoms with Gasteiger partial charge in [0, 0.05) is 36.8 Å². The van der Waals surface area contributed by atoms with Crippen molar-refractivity contribution in [1.82, 2.24) is 15.0 Å². The number of nitrogen functional groups attached to an aromatic ring is 1. The maximum Gasteiger partial charge on any atom is 0.141 e. The zero-order chi connectivity index (χ0) is 18.8. The Morgan fingerprint density at radius 3 is 2.67 bits per heavy atom. The lowest BCUT2D eigenvalue weighted by Gasteiger charge is -2.18. The van der Waals surface area contributed by atoms with Gasteiger partial charge in [-0.05, 0) is 18.9 Å². The van der Waals surface area contributed by atoms with E-state index in [1.165, 1.54) is 11.3 Å². The van der Waals surface area contributed by atoms with Crippen LogP contribution in [0.2, 0.25) is 0 Å². The van der Waals surface area contributed by atoms with Crippen LogP contribution in [-0.4, -0.2) is 35.2 Å². The molecule has 0 bridgehead atoms. The van der Waals surface area contributed by atoms with Crippen LogP contribution in [0.5, 0.6) is 5.75 Å². The number of aromatic nitrogens is 3. The molecule has 27 heavy (non-hydrogen) atoms. The summed E-state index contributed by atoms with van der Waals surface area (Å²) in [4.78, 5) is 15.9. The van der Waals surface area contributed by atoms with Crippen molar-refractivity contribution in [3.05, 3.63) is 35.3 Å². The number of ether oxygens (including phenoxy) is 1. The Morgan fingerprint density at radius 2 is 2.00 bits per heavy atom. The fourth-order valence-corrected chi connectivity index (χ4v) is 3.76. The van der Waals surface area contributed by atoms with Crippen molar-refractivity contribution >= 4 is 22.8 Å². The number of pyridine rings is 2. The molecule has 8 heteroatoms. The van der Waals surface area contributed by atoms with Gasteiger partial charge in [-0.3, -0.25) is 0 Å². The third-order valence-electron chi connectivity index (χ3n) is 4.51. The fraction of sp³-hybridized carbons (Fsp3) is 0.263. The third kappa shape index (κ3) is 3.29. The van der Waals surface area contributed by atoms with Crippen molar-refractivity contribution in [1.29, 1.82) is 5.26 Å². The number of methoxy groups -OCH3 is 1. The van der Waals surface area contributed by atoms with Gasteiger partial charge in [0.05, 0.1) is 18.5 Å². The van der Waals surface area contributed by atoms with Crippen LogP contribution in [0.15, 0.2) is 29.8 Å². The smallest absolute Gasteiger partial charge is 0.141 e. The molecule has 1 aliphatic rings. The first kappa shape index (κ1) is 17.2. The highest BCUT2D eigenvalue weighted by molar-refractivity contribution is 7.13. The summed E-state index contributed by atoms with van der Waals surface area (Å²) in [7, 11) is 1.62. The van der Waals surface area contributed by atoms with Gasteiger partial charge < -0.3 is 15.4 Å². The summed E-state index contributed by atoms with van der Waals surface area (Å²) in [6.45, 7) is 1.92. The SMILES string of the molecule is COc1cc(-c2nc(-c3nccs3)cc(N)c2C#N)nc(N2CCCC2)c1. The zero-order valence-corrected chi connectivity index (χ0v) is 15.7. The van der Waals surface area contributed by atoms with E-state index >= 15 is 0 Å². The lowest BCUT2D eigenvalue weighted by atomic mass is 10.1. The van der Waals surface area contributed by atoms with Crippen molar-refractivity contribution in [2.75, 3.05) is 30.8 Å². The molecule has 0 amide bonds. The Bertz CT molecular complexity index is 1010. The van der Waals surface area contributed by atoms with E-state index in [4.69, 9.17) is 15.5 Å². The molecule has 0 spiro atoms. The molecule has 4 heterocycles. The molecule has 1 aliphatic heterocycles. The van der Waals surface area contributed by atoms with Gasteiger partial charge in [-0.2, -0.15) is 5.26 Å². The number of nitrogens with zero attached hydrogens (tertiary/aromatic N) is 5. The molecule has 2 N–H and O–H groups in total. The highest BCUT2D eigenvalue weighted by atomic mass is 32.1. The number of hydrogen-bond acceptors (Lipinski definition) is 8. The topological polar surface area (TPSA) is 101 Å². The van der Waals surface area contributed by atoms with E-state index in [9.17, 15) is 5.26 Å². The van der Waals surface area contributed by atoms with Crippen molar-refractivity contribution in [3.8, 4) is 33.9 Å². The van der Waals surface area contributed by atoms with Crippen LogP contribution in [0, 0.1) is 11.3 Å². The van der Waals surface area contributed by atoms with E-state index in [0.717, 1.165) is 36.8 Å². The van der Waals surface area contributed by atoms with E-state index in [2.05, 4.69) is 20.9 Å². The molecule has 136 valence electrons. The summed E-state index contributed by atoms with van der Waals surface area (Å²) in [5.41, 5.74) is 8.46. The van der Waals surface area contributed by atoms with Crippen LogP contribution < -0.4 is 15.4 Å². The normalized spacial score (nSPS) is 13.6. The Balaban J connectivity index is 1.89. The number of anilines is 2. The second-order valence-electron chi connectivity index (χ2n) is 6.21. The minimum absolute atomic E-state index is 0.309. The van der Waals surface area contributed by atoms with Crippen LogP contribution in [0.3, 0.4) is 0 Å². The molecule has 7 nitrogen and oxygen atoms in total. The molecule has 4 rings (SSSR count). The Morgan fingerprint density at radius 1 is 1.19 bits per heavy atom. The summed E-state index contributed by atoms with van der Waals surface area (Å²) in [5.74, 6) is 1.50. The minimum atomic E-state index is 0.309. The first-order valence-corrected chi connectivity index (χ1v) is 9.49. The van der Waals surface area contributed by atoms with Crippen LogP contribution in [-0.2, 0) is 0 Å². The molecule has 0 aliphatic carbocycles. The highest BCUT2D eigenvalue weighted by Gasteiger charge is 2.20. The van der Waals surface area contributed by atoms with Crippen molar-refractivity contribution in [3.63, 3.8) is 0 Å². The van der Waals surface area contributed by atoms with Gasteiger partial charge in [0.25, 0.3) is 0 Å². The standard InChI is InChI=1S/C19H18N6OS/c1-26-12-8-15(23-17(9-12)25-5-2-3-6-25)18-13(11-20)14(21)10-16(24-18)19-22-4-7-27-19/h4,7-10H,2-3,5-6H2,1H3,(H2,21,24). The van der Waals surface area contributed by atoms with E-state index in [1.807, 2.05) is 11.4 Å². The quantitative estimate of drug-likeness (QED) is 0.743. The van der Waals surface area contributed by atoms with Crippen molar-refractivity contribution in [2.24, 2.45) is 0 Å². The molecule has 0 atom stereocenters. The number of nitrogens with two attached hydrogens (primary N) is 1. The number of hydrogen-bond donors (Lipinski definition) is 1. The summed E-state index contributed by atoms with van der Waals surface area (Å²) < 4.78 is 5.46. The average molecular weight is 378 g/mol. The molecule has 0 radical (unpaired) electrons. The third-order valence-corrected chi connectivity index (χ3v) is 5.30. The van der Waals surface area contributed by atoms with E-state index in [0.29, 0.717) is 34.1 Å². The number of nitriles is 1. The van der Waals surface area contributed by atoms with Gasteiger partial charge in [0.1, 0.15) is 39.6 Å². The molecule has 1 fully saturated rings. The molecule has 3 aromatic rings. The van der Waals surface area contributed by atoms with E-state index in [-0.39, 0.29) is 0 Å². The Labute approximate surface area is 161 Å². The molecular formula is C19H18N6OS. The Hall–Kier alpha value is -3.18. The van der Waals surface area contributed by atoms with E-state index in [1.54, 1.807) is 25.4 Å². The van der Waals surface area contributed by atoms with Crippen molar-refractivity contribution < 1.29 is 4.74 Å². The van der Waals surface area contributed by atoms with Crippen LogP contribution in [0.4, 0.5) is 11.5 Å². The highest BCUT2D eigenvalue weighted by Crippen LogP contribution is 2.33. The Kier molecular flexibility index (Phi) is 4.60. The molecule has 1 saturated heterocycles. The molecular weight excluding hydrogens is 360 g/mol. The monoisotopic (exact) mass is 378 g/mol. The maximum absolute atomic E-state index is 9.64. The second kappa shape index (κ2) is 7.21. The van der Waals surface area contributed by atoms with Gasteiger partial charge in [-0.15, -0.1) is 11.3 Å². The maximum atomic E-state index is 9.64. The molecule has 0 aromatic carbocycles. The summed E-state index contributed by atoms with van der Waals surface area (Å²) >= 11 is 1.47. The zero-order valence-electron chi connectivity index (χ0n) is 14.8. The lowest BCUT2D eigenvalue weighted by molar-refractivity contribution is 0.414. The van der Waals surface area contributed by atoms with Gasteiger partial charge in [-0.1, -0.05) is 0 Å². The largest absolute Gasteiger partial charge is 0.497 e. The van der Waals surface area contributed by atoms with Crippen molar-refractivity contribution in [2.45, 2.75) is 12.8 Å². The predicted molar refractivity (Wildman–Crippen MR) is 106 cm³/mol. The molecule has 0 unspecified atom stereocenters. The summed E-state index contributed by atoms with van der Waals surface area (Å²) in [6.07, 6.45) is 4.00. The first-order valence-electron chi connectivity index (χ1n) is 8.61. The van der Waals surface area contributed by atoms with Gasteiger partial charge >= 0.3 is 0 Å². The van der Waals surface area contributed by atoms with Gasteiger partial charge in [0.2, 0.25) is 0 Å². The van der Waals surface area contributed by atoms with Crippen LogP contribution >= 0.6 is 11.3 Å². The van der Waals surface area contributed by atoms with Gasteiger partial charge in [-0.25, -0.2) is 15.0 Å². The van der Waals surface area contributed by atoms with E-state index < -0.39 is 0 Å². The number of thiazole rings is 1. The molecule has 3 aromatic heterocycles. The average Bonchev–Trinajstić information content (AvgIpc) is 3.40. The summed E-state index contributed by atoms with van der Waals surface area (Å²) in [6, 6.07) is 7.54. The molecule has 0 saturated carbocycles. The van der Waals surface area contributed by atoms with Crippen LogP contribution in [0.1, 0.15) is 18.4 Å². The first-order chi connectivity index (χ1) is 13.2. The fourth-order valence-electron chi connectivity index (χ4n) is 3.17.